The number of aldehydes is 1. The lowest BCUT2D eigenvalue weighted by Gasteiger charge is -2.04. The Morgan fingerprint density at radius 3 is 2.09 bits per heavy atom. The summed E-state index contributed by atoms with van der Waals surface area (Å²) in [5, 5.41) is 0. The molecule has 0 N–H and O–H groups in total. The van der Waals surface area contributed by atoms with Crippen LogP contribution in [0.15, 0.2) is 23.4 Å². The molecule has 0 unspecified atom stereocenters. The van der Waals surface area contributed by atoms with E-state index in [9.17, 15) is 4.79 Å². The van der Waals surface area contributed by atoms with Gasteiger partial charge in [0.25, 0.3) is 0 Å². The van der Waals surface area contributed by atoms with Crippen molar-refractivity contribution in [2.75, 3.05) is 14.1 Å². The standard InChI is InChI=1S/C9H15NO/c1-8(6-10(3)4)5-9(2)7-11/h5-7H,1-4H3/b8-6-,9-5-. The second kappa shape index (κ2) is 4.72. The van der Waals surface area contributed by atoms with Gasteiger partial charge >= 0.3 is 0 Å². The minimum absolute atomic E-state index is 0.751. The van der Waals surface area contributed by atoms with Crippen molar-refractivity contribution >= 4 is 6.29 Å². The van der Waals surface area contributed by atoms with Gasteiger partial charge in [-0.1, -0.05) is 6.08 Å². The van der Waals surface area contributed by atoms with Crippen LogP contribution in [-0.2, 0) is 4.79 Å². The molecule has 0 amide bonds. The molecule has 0 bridgehead atoms. The Morgan fingerprint density at radius 1 is 1.18 bits per heavy atom. The van der Waals surface area contributed by atoms with Crippen molar-refractivity contribution in [1.82, 2.24) is 4.90 Å². The van der Waals surface area contributed by atoms with E-state index in [1.54, 1.807) is 6.92 Å². The number of nitrogens with zero attached hydrogens (tertiary/aromatic N) is 1. The van der Waals surface area contributed by atoms with Crippen LogP contribution in [0.25, 0.3) is 0 Å². The van der Waals surface area contributed by atoms with Crippen LogP contribution in [0.2, 0.25) is 0 Å². The third-order valence-corrected chi connectivity index (χ3v) is 1.10. The van der Waals surface area contributed by atoms with Gasteiger partial charge < -0.3 is 4.90 Å². The van der Waals surface area contributed by atoms with Crippen molar-refractivity contribution in [2.45, 2.75) is 13.8 Å². The summed E-state index contributed by atoms with van der Waals surface area (Å²) in [5.74, 6) is 0. The lowest BCUT2D eigenvalue weighted by molar-refractivity contribution is -0.104. The van der Waals surface area contributed by atoms with Gasteiger partial charge in [0.2, 0.25) is 0 Å². The second-order valence-corrected chi connectivity index (χ2v) is 2.84. The van der Waals surface area contributed by atoms with Crippen LogP contribution in [0, 0.1) is 0 Å². The van der Waals surface area contributed by atoms with Gasteiger partial charge in [0.15, 0.2) is 0 Å². The highest BCUT2D eigenvalue weighted by atomic mass is 16.1. The average Bonchev–Trinajstić information content (AvgIpc) is 1.85. The second-order valence-electron chi connectivity index (χ2n) is 2.84. The molecular weight excluding hydrogens is 138 g/mol. The summed E-state index contributed by atoms with van der Waals surface area (Å²) in [5.41, 5.74) is 1.83. The fraction of sp³-hybridized carbons (Fsp3) is 0.444. The number of allylic oxidation sites excluding steroid dienone is 3. The summed E-state index contributed by atoms with van der Waals surface area (Å²) in [6.45, 7) is 3.76. The van der Waals surface area contributed by atoms with Gasteiger partial charge in [-0.3, -0.25) is 4.79 Å². The molecular formula is C9H15NO. The smallest absolute Gasteiger partial charge is 0.145 e. The molecule has 0 aliphatic rings. The Kier molecular flexibility index (Phi) is 4.27. The Hall–Kier alpha value is -1.05. The zero-order valence-corrected chi connectivity index (χ0v) is 7.59. The van der Waals surface area contributed by atoms with Crippen LogP contribution in [0.5, 0.6) is 0 Å². The highest BCUT2D eigenvalue weighted by molar-refractivity contribution is 5.73. The van der Waals surface area contributed by atoms with Crippen LogP contribution in [0.4, 0.5) is 0 Å². The topological polar surface area (TPSA) is 20.3 Å². The number of hydrogen-bond donors (Lipinski definition) is 0. The number of hydrogen-bond acceptors (Lipinski definition) is 2. The highest BCUT2D eigenvalue weighted by Gasteiger charge is 1.86. The number of carbonyl (C=O) groups is 1. The van der Waals surface area contributed by atoms with E-state index in [4.69, 9.17) is 0 Å². The van der Waals surface area contributed by atoms with E-state index in [1.807, 2.05) is 38.2 Å². The summed E-state index contributed by atoms with van der Waals surface area (Å²) in [7, 11) is 3.90. The third kappa shape index (κ3) is 5.40. The zero-order chi connectivity index (χ0) is 8.85. The first-order valence-electron chi connectivity index (χ1n) is 3.54. The van der Waals surface area contributed by atoms with Crippen LogP contribution >= 0.6 is 0 Å². The largest absolute Gasteiger partial charge is 0.383 e. The summed E-state index contributed by atoms with van der Waals surface area (Å²) in [6, 6.07) is 0. The first kappa shape index (κ1) is 9.95. The van der Waals surface area contributed by atoms with E-state index in [-0.39, 0.29) is 0 Å². The van der Waals surface area contributed by atoms with Crippen molar-refractivity contribution in [1.29, 1.82) is 0 Å². The zero-order valence-electron chi connectivity index (χ0n) is 7.59. The Bertz CT molecular complexity index is 190. The predicted molar refractivity (Wildman–Crippen MR) is 47.3 cm³/mol. The summed E-state index contributed by atoms with van der Waals surface area (Å²) in [4.78, 5) is 12.2. The third-order valence-electron chi connectivity index (χ3n) is 1.10. The van der Waals surface area contributed by atoms with Crippen LogP contribution in [-0.4, -0.2) is 25.3 Å². The Balaban J connectivity index is 4.26. The van der Waals surface area contributed by atoms with Gasteiger partial charge in [-0.2, -0.15) is 0 Å². The van der Waals surface area contributed by atoms with E-state index in [2.05, 4.69) is 0 Å². The molecule has 2 nitrogen and oxygen atoms in total. The maximum atomic E-state index is 10.2. The molecule has 0 aromatic heterocycles. The molecule has 2 heteroatoms. The average molecular weight is 153 g/mol. The monoisotopic (exact) mass is 153 g/mol. The van der Waals surface area contributed by atoms with Crippen LogP contribution in [0.1, 0.15) is 13.8 Å². The maximum absolute atomic E-state index is 10.2. The maximum Gasteiger partial charge on any atom is 0.145 e. The van der Waals surface area contributed by atoms with Crippen molar-refractivity contribution in [3.05, 3.63) is 23.4 Å². The molecule has 0 aromatic carbocycles. The molecule has 0 atom stereocenters. The van der Waals surface area contributed by atoms with Gasteiger partial charge in [-0.25, -0.2) is 0 Å². The van der Waals surface area contributed by atoms with Gasteiger partial charge in [-0.05, 0) is 25.0 Å². The molecule has 0 aliphatic heterocycles. The normalized spacial score (nSPS) is 13.1. The molecule has 0 fully saturated rings. The predicted octanol–water partition coefficient (Wildman–Crippen LogP) is 1.60. The Labute approximate surface area is 68.2 Å². The van der Waals surface area contributed by atoms with E-state index in [0.717, 1.165) is 17.4 Å². The Morgan fingerprint density at radius 2 is 1.73 bits per heavy atom. The van der Waals surface area contributed by atoms with Crippen LogP contribution in [0.3, 0.4) is 0 Å². The fourth-order valence-corrected chi connectivity index (χ4v) is 0.838. The highest BCUT2D eigenvalue weighted by Crippen LogP contribution is 1.99. The molecule has 0 spiro atoms. The minimum atomic E-state index is 0.751. The molecule has 0 saturated heterocycles. The van der Waals surface area contributed by atoms with Gasteiger partial charge in [0.1, 0.15) is 6.29 Å². The molecule has 0 rings (SSSR count). The summed E-state index contributed by atoms with van der Waals surface area (Å²) >= 11 is 0. The minimum Gasteiger partial charge on any atom is -0.383 e. The van der Waals surface area contributed by atoms with Gasteiger partial charge in [0.05, 0.1) is 0 Å². The lowest BCUT2D eigenvalue weighted by atomic mass is 10.2. The van der Waals surface area contributed by atoms with E-state index >= 15 is 0 Å². The van der Waals surface area contributed by atoms with Crippen LogP contribution < -0.4 is 0 Å². The molecule has 0 heterocycles. The van der Waals surface area contributed by atoms with Crippen molar-refractivity contribution in [3.63, 3.8) is 0 Å². The van der Waals surface area contributed by atoms with E-state index < -0.39 is 0 Å². The van der Waals surface area contributed by atoms with Gasteiger partial charge in [0, 0.05) is 20.3 Å². The quantitative estimate of drug-likeness (QED) is 0.348. The fourth-order valence-electron chi connectivity index (χ4n) is 0.838. The summed E-state index contributed by atoms with van der Waals surface area (Å²) < 4.78 is 0. The summed E-state index contributed by atoms with van der Waals surface area (Å²) in [6.07, 6.45) is 4.67. The van der Waals surface area contributed by atoms with Gasteiger partial charge in [-0.15, -0.1) is 0 Å². The van der Waals surface area contributed by atoms with Crippen molar-refractivity contribution in [3.8, 4) is 0 Å². The molecule has 0 saturated carbocycles. The number of carbonyl (C=O) groups excluding carboxylic acids is 1. The molecule has 0 aliphatic carbocycles. The SMILES string of the molecule is C/C(C=O)=C/C(C)=C\N(C)C. The molecule has 0 aromatic rings. The first-order valence-corrected chi connectivity index (χ1v) is 3.54. The molecule has 11 heavy (non-hydrogen) atoms. The first-order chi connectivity index (χ1) is 5.06. The van der Waals surface area contributed by atoms with E-state index in [1.165, 1.54) is 0 Å². The number of rotatable bonds is 3. The van der Waals surface area contributed by atoms with Crippen molar-refractivity contribution in [2.24, 2.45) is 0 Å². The van der Waals surface area contributed by atoms with E-state index in [0.29, 0.717) is 0 Å². The molecule has 62 valence electrons. The lowest BCUT2D eigenvalue weighted by Crippen LogP contribution is -2.01. The van der Waals surface area contributed by atoms with Crippen molar-refractivity contribution < 1.29 is 4.79 Å². The molecule has 0 radical (unpaired) electrons.